The molecule has 2 heterocycles. The summed E-state index contributed by atoms with van der Waals surface area (Å²) in [4.78, 5) is 8.19. The molecule has 1 aromatic heterocycles. The lowest BCUT2D eigenvalue weighted by atomic mass is 10.1. The van der Waals surface area contributed by atoms with Crippen LogP contribution in [0.25, 0.3) is 0 Å². The maximum Gasteiger partial charge on any atom is 0.145 e. The molecule has 0 aliphatic carbocycles. The van der Waals surface area contributed by atoms with Gasteiger partial charge in [0.25, 0.3) is 0 Å². The number of nitrogens with zero attached hydrogens (tertiary/aromatic N) is 3. The molecule has 1 unspecified atom stereocenters. The number of nitrogen functional groups attached to an aromatic ring is 1. The van der Waals surface area contributed by atoms with Crippen LogP contribution < -0.4 is 5.73 Å². The van der Waals surface area contributed by atoms with Gasteiger partial charge in [0.15, 0.2) is 0 Å². The van der Waals surface area contributed by atoms with Crippen LogP contribution in [0.3, 0.4) is 0 Å². The third kappa shape index (κ3) is 1.52. The van der Waals surface area contributed by atoms with Crippen LogP contribution in [0.2, 0.25) is 0 Å². The monoisotopic (exact) mass is 190 g/mol. The SMILES string of the molecule is N#Cc1cnc(C2CCOC2)nc1N. The van der Waals surface area contributed by atoms with E-state index in [1.807, 2.05) is 6.07 Å². The molecule has 1 fully saturated rings. The Morgan fingerprint density at radius 3 is 3.07 bits per heavy atom. The highest BCUT2D eigenvalue weighted by Crippen LogP contribution is 2.22. The highest BCUT2D eigenvalue weighted by molar-refractivity contribution is 5.46. The van der Waals surface area contributed by atoms with Crippen LogP contribution >= 0.6 is 0 Å². The van der Waals surface area contributed by atoms with Crippen molar-refractivity contribution in [2.75, 3.05) is 18.9 Å². The standard InChI is InChI=1S/C9H10N4O/c10-3-7-4-12-9(13-8(7)11)6-1-2-14-5-6/h4,6H,1-2,5H2,(H2,11,12,13). The van der Waals surface area contributed by atoms with E-state index in [-0.39, 0.29) is 11.7 Å². The Kier molecular flexibility index (Phi) is 2.29. The van der Waals surface area contributed by atoms with Gasteiger partial charge in [-0.3, -0.25) is 0 Å². The van der Waals surface area contributed by atoms with Crippen molar-refractivity contribution in [3.63, 3.8) is 0 Å². The van der Waals surface area contributed by atoms with Gasteiger partial charge in [0.05, 0.1) is 12.8 Å². The molecule has 5 heteroatoms. The summed E-state index contributed by atoms with van der Waals surface area (Å²) in [6.07, 6.45) is 2.39. The molecule has 1 aromatic rings. The van der Waals surface area contributed by atoms with Gasteiger partial charge >= 0.3 is 0 Å². The van der Waals surface area contributed by atoms with Gasteiger partial charge in [-0.25, -0.2) is 9.97 Å². The first kappa shape index (κ1) is 8.91. The second kappa shape index (κ2) is 3.60. The van der Waals surface area contributed by atoms with Gasteiger partial charge in [0.1, 0.15) is 23.3 Å². The molecule has 1 aliphatic rings. The predicted molar refractivity (Wildman–Crippen MR) is 49.3 cm³/mol. The Labute approximate surface area is 81.5 Å². The highest BCUT2D eigenvalue weighted by Gasteiger charge is 2.21. The Morgan fingerprint density at radius 1 is 1.64 bits per heavy atom. The molecule has 2 rings (SSSR count). The molecule has 72 valence electrons. The van der Waals surface area contributed by atoms with Gasteiger partial charge in [-0.1, -0.05) is 0 Å². The summed E-state index contributed by atoms with van der Waals surface area (Å²) in [5.74, 6) is 1.16. The molecular formula is C9H10N4O. The van der Waals surface area contributed by atoms with E-state index in [2.05, 4.69) is 9.97 Å². The zero-order valence-electron chi connectivity index (χ0n) is 7.60. The van der Waals surface area contributed by atoms with Crippen LogP contribution in [0.5, 0.6) is 0 Å². The van der Waals surface area contributed by atoms with Gasteiger partial charge in [-0.2, -0.15) is 5.26 Å². The number of nitriles is 1. The van der Waals surface area contributed by atoms with Gasteiger partial charge in [-0.05, 0) is 6.42 Å². The Hall–Kier alpha value is -1.67. The van der Waals surface area contributed by atoms with Gasteiger partial charge < -0.3 is 10.5 Å². The lowest BCUT2D eigenvalue weighted by Gasteiger charge is -2.06. The first-order valence-corrected chi connectivity index (χ1v) is 4.41. The van der Waals surface area contributed by atoms with Crippen molar-refractivity contribution in [3.8, 4) is 6.07 Å². The normalized spacial score (nSPS) is 20.6. The van der Waals surface area contributed by atoms with Crippen LogP contribution in [0, 0.1) is 11.3 Å². The summed E-state index contributed by atoms with van der Waals surface area (Å²) in [7, 11) is 0. The molecule has 14 heavy (non-hydrogen) atoms. The maximum atomic E-state index is 8.64. The summed E-state index contributed by atoms with van der Waals surface area (Å²) in [6.45, 7) is 1.39. The van der Waals surface area contributed by atoms with Crippen molar-refractivity contribution in [1.82, 2.24) is 9.97 Å². The van der Waals surface area contributed by atoms with Crippen molar-refractivity contribution in [3.05, 3.63) is 17.6 Å². The second-order valence-electron chi connectivity index (χ2n) is 3.20. The third-order valence-electron chi connectivity index (χ3n) is 2.25. The first-order valence-electron chi connectivity index (χ1n) is 4.41. The number of rotatable bonds is 1. The minimum absolute atomic E-state index is 0.227. The molecule has 0 amide bonds. The number of anilines is 1. The quantitative estimate of drug-likeness (QED) is 0.694. The summed E-state index contributed by atoms with van der Waals surface area (Å²) < 4.78 is 5.22. The summed E-state index contributed by atoms with van der Waals surface area (Å²) in [6, 6.07) is 1.93. The number of hydrogen-bond donors (Lipinski definition) is 1. The lowest BCUT2D eigenvalue weighted by Crippen LogP contribution is -2.07. The third-order valence-corrected chi connectivity index (χ3v) is 2.25. The fraction of sp³-hybridized carbons (Fsp3) is 0.444. The van der Waals surface area contributed by atoms with Crippen LogP contribution in [0.1, 0.15) is 23.7 Å². The summed E-state index contributed by atoms with van der Waals surface area (Å²) in [5.41, 5.74) is 5.91. The largest absolute Gasteiger partial charge is 0.382 e. The number of nitrogens with two attached hydrogens (primary N) is 1. The predicted octanol–water partition coefficient (Wildman–Crippen LogP) is 0.434. The Balaban J connectivity index is 2.28. The fourth-order valence-electron chi connectivity index (χ4n) is 1.43. The van der Waals surface area contributed by atoms with Crippen molar-refractivity contribution in [2.45, 2.75) is 12.3 Å². The molecule has 0 radical (unpaired) electrons. The van der Waals surface area contributed by atoms with Crippen molar-refractivity contribution in [1.29, 1.82) is 5.26 Å². The average molecular weight is 190 g/mol. The van der Waals surface area contributed by atoms with Crippen molar-refractivity contribution >= 4 is 5.82 Å². The number of hydrogen-bond acceptors (Lipinski definition) is 5. The van der Waals surface area contributed by atoms with E-state index in [1.165, 1.54) is 6.20 Å². The summed E-state index contributed by atoms with van der Waals surface area (Å²) in [5, 5.41) is 8.64. The molecule has 0 spiro atoms. The lowest BCUT2D eigenvalue weighted by molar-refractivity contribution is 0.193. The number of ether oxygens (including phenoxy) is 1. The topological polar surface area (TPSA) is 84.8 Å². The van der Waals surface area contributed by atoms with E-state index in [4.69, 9.17) is 15.7 Å². The smallest absolute Gasteiger partial charge is 0.145 e. The van der Waals surface area contributed by atoms with Crippen LogP contribution in [-0.2, 0) is 4.74 Å². The first-order chi connectivity index (χ1) is 6.81. The van der Waals surface area contributed by atoms with Gasteiger partial charge in [0, 0.05) is 12.5 Å². The molecule has 0 bridgehead atoms. The zero-order chi connectivity index (χ0) is 9.97. The molecular weight excluding hydrogens is 180 g/mol. The van der Waals surface area contributed by atoms with Crippen LogP contribution in [-0.4, -0.2) is 23.2 Å². The highest BCUT2D eigenvalue weighted by atomic mass is 16.5. The summed E-state index contributed by atoms with van der Waals surface area (Å²) >= 11 is 0. The Morgan fingerprint density at radius 2 is 2.50 bits per heavy atom. The van der Waals surface area contributed by atoms with E-state index in [1.54, 1.807) is 0 Å². The molecule has 0 aromatic carbocycles. The molecule has 1 atom stereocenters. The van der Waals surface area contributed by atoms with E-state index in [9.17, 15) is 0 Å². The van der Waals surface area contributed by atoms with Crippen molar-refractivity contribution < 1.29 is 4.74 Å². The fourth-order valence-corrected chi connectivity index (χ4v) is 1.43. The van der Waals surface area contributed by atoms with E-state index >= 15 is 0 Å². The van der Waals surface area contributed by atoms with Crippen LogP contribution in [0.4, 0.5) is 5.82 Å². The van der Waals surface area contributed by atoms with Crippen LogP contribution in [0.15, 0.2) is 6.20 Å². The van der Waals surface area contributed by atoms with Gasteiger partial charge in [-0.15, -0.1) is 0 Å². The molecule has 1 aliphatic heterocycles. The maximum absolute atomic E-state index is 8.64. The van der Waals surface area contributed by atoms with E-state index < -0.39 is 0 Å². The molecule has 0 saturated carbocycles. The minimum Gasteiger partial charge on any atom is -0.382 e. The van der Waals surface area contributed by atoms with E-state index in [0.29, 0.717) is 18.0 Å². The van der Waals surface area contributed by atoms with Crippen molar-refractivity contribution in [2.24, 2.45) is 0 Å². The molecule has 1 saturated heterocycles. The van der Waals surface area contributed by atoms with Gasteiger partial charge in [0.2, 0.25) is 0 Å². The average Bonchev–Trinajstić information content (AvgIpc) is 2.70. The minimum atomic E-state index is 0.227. The Bertz CT molecular complexity index is 379. The molecule has 5 nitrogen and oxygen atoms in total. The molecule has 2 N–H and O–H groups in total. The van der Waals surface area contributed by atoms with E-state index in [0.717, 1.165) is 13.0 Å². The second-order valence-corrected chi connectivity index (χ2v) is 3.20. The number of aromatic nitrogens is 2. The zero-order valence-corrected chi connectivity index (χ0v) is 7.60.